The Hall–Kier alpha value is -2.56. The maximum absolute atomic E-state index is 14.1. The van der Waals surface area contributed by atoms with Crippen LogP contribution in [-0.2, 0) is 27.7 Å². The first-order valence-corrected chi connectivity index (χ1v) is 10.9. The van der Waals surface area contributed by atoms with Crippen LogP contribution in [0.5, 0.6) is 0 Å². The van der Waals surface area contributed by atoms with Crippen LogP contribution in [0.2, 0.25) is 0 Å². The van der Waals surface area contributed by atoms with Crippen molar-refractivity contribution >= 4 is 16.0 Å². The van der Waals surface area contributed by atoms with Crippen molar-refractivity contribution in [3.05, 3.63) is 58.7 Å². The fraction of sp³-hybridized carbons (Fsp3) is 0.400. The van der Waals surface area contributed by atoms with Crippen LogP contribution in [0.15, 0.2) is 41.1 Å². The average molecular weight is 440 g/mol. The topological polar surface area (TPSA) is 109 Å². The summed E-state index contributed by atoms with van der Waals surface area (Å²) in [4.78, 5) is 12.7. The number of nitrogens with zero attached hydrogens (tertiary/aromatic N) is 3. The van der Waals surface area contributed by atoms with Crippen molar-refractivity contribution < 1.29 is 28.1 Å². The molecule has 10 heteroatoms. The molecule has 0 aliphatic carbocycles. The summed E-state index contributed by atoms with van der Waals surface area (Å²) in [7, 11) is -0.595. The second-order valence-corrected chi connectivity index (χ2v) is 8.99. The van der Waals surface area contributed by atoms with Crippen LogP contribution in [0.1, 0.15) is 34.2 Å². The molecular weight excluding hydrogens is 411 g/mol. The predicted molar refractivity (Wildman–Crippen MR) is 110 cm³/mol. The number of hydrogen-bond donors (Lipinski definition) is 1. The van der Waals surface area contributed by atoms with Gasteiger partial charge in [0.25, 0.3) is 0 Å². The van der Waals surface area contributed by atoms with Gasteiger partial charge < -0.3 is 10.5 Å². The van der Waals surface area contributed by atoms with Gasteiger partial charge in [-0.3, -0.25) is 4.68 Å². The van der Waals surface area contributed by atoms with Crippen molar-refractivity contribution in [1.29, 1.82) is 0 Å². The smallest absolute Gasteiger partial charge is 0.356 e. The number of allylic oxidation sites excluding steroid dienone is 1. The van der Waals surface area contributed by atoms with E-state index in [9.17, 15) is 17.6 Å². The summed E-state index contributed by atoms with van der Waals surface area (Å²) in [6.45, 7) is 3.71. The lowest BCUT2D eigenvalue weighted by Gasteiger charge is -2.12. The molecule has 0 atom stereocenters. The SMILES string of the molecule is CCOC(=O)c1c(Cc2ccc(S(=O)(=O)N(C)C)cc2)c(C)nn1C/C(F)=C/C[NH3+]. The fourth-order valence-electron chi connectivity index (χ4n) is 2.93. The largest absolute Gasteiger partial charge is 0.461 e. The number of aromatic nitrogens is 2. The lowest BCUT2D eigenvalue weighted by molar-refractivity contribution is -0.353. The number of carbonyl (C=O) groups is 1. The highest BCUT2D eigenvalue weighted by Crippen LogP contribution is 2.22. The van der Waals surface area contributed by atoms with Crippen molar-refractivity contribution in [1.82, 2.24) is 14.1 Å². The van der Waals surface area contributed by atoms with Gasteiger partial charge in [-0.2, -0.15) is 5.10 Å². The van der Waals surface area contributed by atoms with E-state index < -0.39 is 21.8 Å². The van der Waals surface area contributed by atoms with Crippen LogP contribution in [0.25, 0.3) is 0 Å². The molecule has 0 amide bonds. The quantitative estimate of drug-likeness (QED) is 0.593. The molecule has 164 valence electrons. The molecule has 2 aromatic rings. The van der Waals surface area contributed by atoms with Crippen molar-refractivity contribution in [2.75, 3.05) is 27.2 Å². The van der Waals surface area contributed by atoms with Crippen molar-refractivity contribution in [3.63, 3.8) is 0 Å². The highest BCUT2D eigenvalue weighted by atomic mass is 32.2. The summed E-state index contributed by atoms with van der Waals surface area (Å²) in [5.74, 6) is -1.02. The van der Waals surface area contributed by atoms with Gasteiger partial charge in [-0.15, -0.1) is 0 Å². The normalized spacial score (nSPS) is 12.4. The minimum Gasteiger partial charge on any atom is -0.461 e. The van der Waals surface area contributed by atoms with E-state index in [-0.39, 0.29) is 30.3 Å². The third-order valence-corrected chi connectivity index (χ3v) is 6.30. The standard InChI is InChI=1S/C20H27FN4O4S/c1-5-29-20(26)19-18(14(2)23-25(19)13-16(21)10-11-22)12-15-6-8-17(9-7-15)30(27,28)24(3)4/h6-10H,5,11-13,22H2,1-4H3/p+1/b16-10-. The van der Waals surface area contributed by atoms with Gasteiger partial charge in [0.15, 0.2) is 5.69 Å². The molecule has 0 bridgehead atoms. The van der Waals surface area contributed by atoms with Gasteiger partial charge in [0.1, 0.15) is 5.83 Å². The highest BCUT2D eigenvalue weighted by molar-refractivity contribution is 7.89. The number of halogens is 1. The Labute approximate surface area is 176 Å². The molecule has 3 N–H and O–H groups in total. The number of sulfonamides is 1. The zero-order chi connectivity index (χ0) is 22.5. The fourth-order valence-corrected chi connectivity index (χ4v) is 3.83. The maximum atomic E-state index is 14.1. The van der Waals surface area contributed by atoms with E-state index in [0.29, 0.717) is 17.7 Å². The molecule has 30 heavy (non-hydrogen) atoms. The minimum atomic E-state index is -3.53. The lowest BCUT2D eigenvalue weighted by atomic mass is 10.0. The van der Waals surface area contributed by atoms with Crippen LogP contribution in [0, 0.1) is 6.92 Å². The summed E-state index contributed by atoms with van der Waals surface area (Å²) in [6.07, 6.45) is 1.65. The van der Waals surface area contributed by atoms with E-state index in [1.165, 1.54) is 37.0 Å². The zero-order valence-electron chi connectivity index (χ0n) is 17.7. The van der Waals surface area contributed by atoms with E-state index in [4.69, 9.17) is 4.74 Å². The monoisotopic (exact) mass is 439 g/mol. The molecule has 0 fully saturated rings. The summed E-state index contributed by atoms with van der Waals surface area (Å²) in [5, 5.41) is 4.32. The second-order valence-electron chi connectivity index (χ2n) is 6.84. The van der Waals surface area contributed by atoms with Gasteiger partial charge >= 0.3 is 5.97 Å². The molecular formula is C20H28FN4O4S+. The van der Waals surface area contributed by atoms with Crippen molar-refractivity contribution in [3.8, 4) is 0 Å². The Balaban J connectivity index is 2.42. The van der Waals surface area contributed by atoms with E-state index in [0.717, 1.165) is 9.87 Å². The van der Waals surface area contributed by atoms with Gasteiger partial charge in [-0.25, -0.2) is 21.9 Å². The van der Waals surface area contributed by atoms with Crippen LogP contribution < -0.4 is 5.73 Å². The van der Waals surface area contributed by atoms with Crippen molar-refractivity contribution in [2.24, 2.45) is 0 Å². The van der Waals surface area contributed by atoms with Crippen LogP contribution >= 0.6 is 0 Å². The van der Waals surface area contributed by atoms with Gasteiger partial charge in [-0.1, -0.05) is 12.1 Å². The molecule has 0 aliphatic heterocycles. The summed E-state index contributed by atoms with van der Waals surface area (Å²) in [6, 6.07) is 6.41. The van der Waals surface area contributed by atoms with Crippen LogP contribution in [0.3, 0.4) is 0 Å². The number of hydrogen-bond acceptors (Lipinski definition) is 5. The summed E-state index contributed by atoms with van der Waals surface area (Å²) in [5.41, 5.74) is 5.74. The van der Waals surface area contributed by atoms with E-state index >= 15 is 0 Å². The highest BCUT2D eigenvalue weighted by Gasteiger charge is 2.24. The second kappa shape index (κ2) is 9.96. The average Bonchev–Trinajstić information content (AvgIpc) is 2.97. The minimum absolute atomic E-state index is 0.176. The summed E-state index contributed by atoms with van der Waals surface area (Å²) >= 11 is 0. The number of ether oxygens (including phenoxy) is 1. The number of quaternary nitrogens is 1. The molecule has 2 rings (SSSR count). The van der Waals surface area contributed by atoms with Crippen molar-refractivity contribution in [2.45, 2.75) is 31.7 Å². The first-order valence-electron chi connectivity index (χ1n) is 9.50. The Morgan fingerprint density at radius 1 is 1.30 bits per heavy atom. The molecule has 0 aliphatic rings. The summed E-state index contributed by atoms with van der Waals surface area (Å²) < 4.78 is 46.1. The van der Waals surface area contributed by atoms with Crippen LogP contribution in [-0.4, -0.2) is 55.7 Å². The first-order chi connectivity index (χ1) is 14.1. The zero-order valence-corrected chi connectivity index (χ0v) is 18.5. The number of rotatable bonds is 9. The molecule has 8 nitrogen and oxygen atoms in total. The molecule has 1 aromatic carbocycles. The Morgan fingerprint density at radius 2 is 1.93 bits per heavy atom. The van der Waals surface area contributed by atoms with Gasteiger partial charge in [0.2, 0.25) is 10.0 Å². The number of carbonyl (C=O) groups excluding carboxylic acids is 1. The van der Waals surface area contributed by atoms with E-state index in [1.54, 1.807) is 26.0 Å². The lowest BCUT2D eigenvalue weighted by Crippen LogP contribution is -2.49. The van der Waals surface area contributed by atoms with Crippen LogP contribution in [0.4, 0.5) is 4.39 Å². The molecule has 0 radical (unpaired) electrons. The third-order valence-electron chi connectivity index (χ3n) is 4.47. The molecule has 1 aromatic heterocycles. The van der Waals surface area contributed by atoms with E-state index in [2.05, 4.69) is 10.8 Å². The number of benzene rings is 1. The Kier molecular flexibility index (Phi) is 7.88. The maximum Gasteiger partial charge on any atom is 0.356 e. The Morgan fingerprint density at radius 3 is 2.47 bits per heavy atom. The third kappa shape index (κ3) is 5.32. The van der Waals surface area contributed by atoms with E-state index in [1.807, 2.05) is 0 Å². The number of esters is 1. The molecule has 0 spiro atoms. The first kappa shape index (κ1) is 23.7. The molecule has 0 saturated carbocycles. The molecule has 0 unspecified atom stereocenters. The molecule has 0 saturated heterocycles. The predicted octanol–water partition coefficient (Wildman–Crippen LogP) is 1.30. The van der Waals surface area contributed by atoms with Gasteiger partial charge in [-0.05, 0) is 31.5 Å². The number of aryl methyl sites for hydroxylation is 1. The van der Waals surface area contributed by atoms with Gasteiger partial charge in [0, 0.05) is 32.2 Å². The van der Waals surface area contributed by atoms with Gasteiger partial charge in [0.05, 0.1) is 30.3 Å². The Bertz CT molecular complexity index is 1030. The molecule has 1 heterocycles.